The standard InChI is InChI=1S/C18H23N5O2S2/c1-5-25-14-9-7-6-8-13(14)20-16-22-23-17(27-16)26-10-15(24)21-18(4,11-19)12(2)3/h6-9,12H,5,10H2,1-4H3,(H,20,22)(H,21,24). The van der Waals surface area contributed by atoms with E-state index in [1.54, 1.807) is 6.92 Å². The van der Waals surface area contributed by atoms with Crippen molar-refractivity contribution in [1.29, 1.82) is 5.26 Å². The molecule has 2 aromatic rings. The third kappa shape index (κ3) is 5.84. The zero-order valence-electron chi connectivity index (χ0n) is 15.8. The minimum Gasteiger partial charge on any atom is -0.492 e. The second kappa shape index (κ2) is 9.58. The van der Waals surface area contributed by atoms with E-state index in [9.17, 15) is 10.1 Å². The highest BCUT2D eigenvalue weighted by molar-refractivity contribution is 8.01. The summed E-state index contributed by atoms with van der Waals surface area (Å²) in [7, 11) is 0. The number of benzene rings is 1. The maximum Gasteiger partial charge on any atom is 0.231 e. The lowest BCUT2D eigenvalue weighted by Gasteiger charge is -2.27. The molecule has 1 heterocycles. The number of hydrogen-bond acceptors (Lipinski definition) is 8. The molecule has 2 rings (SSSR count). The van der Waals surface area contributed by atoms with Crippen LogP contribution in [0.4, 0.5) is 10.8 Å². The molecule has 0 aliphatic carbocycles. The Bertz CT molecular complexity index is 818. The van der Waals surface area contributed by atoms with Crippen LogP contribution in [0.2, 0.25) is 0 Å². The highest BCUT2D eigenvalue weighted by Gasteiger charge is 2.29. The van der Waals surface area contributed by atoms with Gasteiger partial charge in [0, 0.05) is 0 Å². The van der Waals surface area contributed by atoms with Gasteiger partial charge in [0.25, 0.3) is 0 Å². The van der Waals surface area contributed by atoms with E-state index in [4.69, 9.17) is 4.74 Å². The van der Waals surface area contributed by atoms with Crippen LogP contribution in [0.1, 0.15) is 27.7 Å². The first-order valence-electron chi connectivity index (χ1n) is 8.55. The second-order valence-electron chi connectivity index (χ2n) is 6.23. The zero-order valence-corrected chi connectivity index (χ0v) is 17.4. The smallest absolute Gasteiger partial charge is 0.231 e. The van der Waals surface area contributed by atoms with E-state index in [0.717, 1.165) is 11.4 Å². The summed E-state index contributed by atoms with van der Waals surface area (Å²) in [6.45, 7) is 8.03. The molecule has 1 amide bonds. The van der Waals surface area contributed by atoms with Gasteiger partial charge >= 0.3 is 0 Å². The van der Waals surface area contributed by atoms with E-state index < -0.39 is 5.54 Å². The van der Waals surface area contributed by atoms with Gasteiger partial charge < -0.3 is 15.4 Å². The molecule has 0 radical (unpaired) electrons. The van der Waals surface area contributed by atoms with Gasteiger partial charge in [-0.25, -0.2) is 0 Å². The largest absolute Gasteiger partial charge is 0.492 e. The van der Waals surface area contributed by atoms with Crippen LogP contribution in [-0.2, 0) is 4.79 Å². The molecule has 1 aromatic carbocycles. The Morgan fingerprint density at radius 3 is 2.81 bits per heavy atom. The molecule has 0 aliphatic rings. The number of carbonyl (C=O) groups is 1. The molecule has 2 N–H and O–H groups in total. The van der Waals surface area contributed by atoms with E-state index in [0.29, 0.717) is 16.1 Å². The number of anilines is 2. The van der Waals surface area contributed by atoms with Gasteiger partial charge in [-0.3, -0.25) is 4.79 Å². The van der Waals surface area contributed by atoms with Crippen LogP contribution in [0, 0.1) is 17.2 Å². The number of rotatable bonds is 9. The van der Waals surface area contributed by atoms with E-state index >= 15 is 0 Å². The molecule has 1 atom stereocenters. The predicted octanol–water partition coefficient (Wildman–Crippen LogP) is 3.83. The van der Waals surface area contributed by atoms with Crippen molar-refractivity contribution in [3.63, 3.8) is 0 Å². The fourth-order valence-corrected chi connectivity index (χ4v) is 3.60. The fraction of sp³-hybridized carbons (Fsp3) is 0.444. The van der Waals surface area contributed by atoms with E-state index in [-0.39, 0.29) is 17.6 Å². The Labute approximate surface area is 167 Å². The Morgan fingerprint density at radius 1 is 1.41 bits per heavy atom. The zero-order chi connectivity index (χ0) is 19.9. The molecule has 7 nitrogen and oxygen atoms in total. The average molecular weight is 406 g/mol. The molecule has 1 aromatic heterocycles. The number of nitriles is 1. The van der Waals surface area contributed by atoms with E-state index in [1.165, 1.54) is 23.1 Å². The number of amides is 1. The van der Waals surface area contributed by atoms with Gasteiger partial charge in [0.1, 0.15) is 11.3 Å². The molecule has 0 aliphatic heterocycles. The van der Waals surface area contributed by atoms with Gasteiger partial charge in [-0.05, 0) is 31.9 Å². The summed E-state index contributed by atoms with van der Waals surface area (Å²) >= 11 is 2.65. The maximum absolute atomic E-state index is 12.2. The van der Waals surface area contributed by atoms with Gasteiger partial charge in [-0.2, -0.15) is 5.26 Å². The molecule has 0 spiro atoms. The molecular formula is C18H23N5O2S2. The summed E-state index contributed by atoms with van der Waals surface area (Å²) < 4.78 is 6.25. The predicted molar refractivity (Wildman–Crippen MR) is 109 cm³/mol. The van der Waals surface area contributed by atoms with Crippen LogP contribution in [-0.4, -0.2) is 34.0 Å². The number of ether oxygens (including phenoxy) is 1. The quantitative estimate of drug-likeness (QED) is 0.612. The molecule has 144 valence electrons. The number of nitrogens with one attached hydrogen (secondary N) is 2. The Kier molecular flexibility index (Phi) is 7.45. The van der Waals surface area contributed by atoms with Crippen LogP contribution in [0.5, 0.6) is 5.75 Å². The molecule has 27 heavy (non-hydrogen) atoms. The van der Waals surface area contributed by atoms with E-state index in [2.05, 4.69) is 26.9 Å². The summed E-state index contributed by atoms with van der Waals surface area (Å²) in [4.78, 5) is 12.2. The number of nitrogens with zero attached hydrogens (tertiary/aromatic N) is 3. The third-order valence-corrected chi connectivity index (χ3v) is 5.92. The summed E-state index contributed by atoms with van der Waals surface area (Å²) in [5.41, 5.74) is -0.0689. The Balaban J connectivity index is 1.93. The van der Waals surface area contributed by atoms with Crippen molar-refractivity contribution in [3.05, 3.63) is 24.3 Å². The first-order valence-corrected chi connectivity index (χ1v) is 10.4. The summed E-state index contributed by atoms with van der Waals surface area (Å²) in [5, 5.41) is 24.1. The van der Waals surface area contributed by atoms with Gasteiger partial charge in [-0.15, -0.1) is 10.2 Å². The highest BCUT2D eigenvalue weighted by atomic mass is 32.2. The van der Waals surface area contributed by atoms with Gasteiger partial charge in [0.2, 0.25) is 11.0 Å². The Hall–Kier alpha value is -2.31. The van der Waals surface area contributed by atoms with Crippen LogP contribution in [0.3, 0.4) is 0 Å². The van der Waals surface area contributed by atoms with Gasteiger partial charge in [0.15, 0.2) is 4.34 Å². The first-order chi connectivity index (χ1) is 12.9. The summed E-state index contributed by atoms with van der Waals surface area (Å²) in [5.74, 6) is 0.727. The fourth-order valence-electron chi connectivity index (χ4n) is 2.04. The van der Waals surface area contributed by atoms with Gasteiger partial charge in [-0.1, -0.05) is 49.1 Å². The van der Waals surface area contributed by atoms with Crippen molar-refractivity contribution in [2.75, 3.05) is 17.7 Å². The minimum atomic E-state index is -0.880. The van der Waals surface area contributed by atoms with Crippen molar-refractivity contribution in [2.24, 2.45) is 5.92 Å². The number of aromatic nitrogens is 2. The molecule has 0 saturated carbocycles. The molecule has 1 unspecified atom stereocenters. The number of thioether (sulfide) groups is 1. The van der Waals surface area contributed by atoms with Crippen molar-refractivity contribution >= 4 is 39.8 Å². The van der Waals surface area contributed by atoms with Crippen molar-refractivity contribution in [3.8, 4) is 11.8 Å². The van der Waals surface area contributed by atoms with Crippen molar-refractivity contribution in [2.45, 2.75) is 37.6 Å². The van der Waals surface area contributed by atoms with Crippen molar-refractivity contribution < 1.29 is 9.53 Å². The van der Waals surface area contributed by atoms with Crippen molar-refractivity contribution in [1.82, 2.24) is 15.5 Å². The molecule has 0 saturated heterocycles. The molecule has 0 bridgehead atoms. The first kappa shape index (κ1) is 21.0. The summed E-state index contributed by atoms with van der Waals surface area (Å²) in [6.07, 6.45) is 0. The number of hydrogen-bond donors (Lipinski definition) is 2. The summed E-state index contributed by atoms with van der Waals surface area (Å²) in [6, 6.07) is 9.77. The van der Waals surface area contributed by atoms with Gasteiger partial charge in [0.05, 0.1) is 24.1 Å². The second-order valence-corrected chi connectivity index (χ2v) is 8.43. The normalized spacial score (nSPS) is 12.9. The van der Waals surface area contributed by atoms with Crippen LogP contribution in [0.25, 0.3) is 0 Å². The SMILES string of the molecule is CCOc1ccccc1Nc1nnc(SCC(=O)NC(C)(C#N)C(C)C)s1. The van der Waals surface area contributed by atoms with Crippen LogP contribution >= 0.6 is 23.1 Å². The minimum absolute atomic E-state index is 0.0131. The Morgan fingerprint density at radius 2 is 2.15 bits per heavy atom. The van der Waals surface area contributed by atoms with E-state index in [1.807, 2.05) is 45.0 Å². The van der Waals surface area contributed by atoms with Crippen LogP contribution < -0.4 is 15.4 Å². The van der Waals surface area contributed by atoms with Crippen LogP contribution in [0.15, 0.2) is 28.6 Å². The number of carbonyl (C=O) groups excluding carboxylic acids is 1. The molecule has 9 heteroatoms. The number of para-hydroxylation sites is 2. The lowest BCUT2D eigenvalue weighted by molar-refractivity contribution is -0.120. The molecule has 0 fully saturated rings. The lowest BCUT2D eigenvalue weighted by atomic mass is 9.90. The lowest BCUT2D eigenvalue weighted by Crippen LogP contribution is -2.49. The highest BCUT2D eigenvalue weighted by Crippen LogP contribution is 2.31. The molecular weight excluding hydrogens is 382 g/mol. The average Bonchev–Trinajstić information content (AvgIpc) is 3.09. The third-order valence-electron chi connectivity index (χ3n) is 3.95. The maximum atomic E-state index is 12.2. The monoisotopic (exact) mass is 405 g/mol. The topological polar surface area (TPSA) is 99.9 Å².